The zero-order valence-corrected chi connectivity index (χ0v) is 14.1. The van der Waals surface area contributed by atoms with Gasteiger partial charge in [-0.2, -0.15) is 0 Å². The fraction of sp³-hybridized carbons (Fsp3) is 0.526. The van der Waals surface area contributed by atoms with E-state index in [9.17, 15) is 4.79 Å². The molecule has 1 aromatic heterocycles. The molecule has 3 rings (SSSR count). The van der Waals surface area contributed by atoms with Gasteiger partial charge in [0.15, 0.2) is 0 Å². The van der Waals surface area contributed by atoms with Gasteiger partial charge in [0.2, 0.25) is 0 Å². The second-order valence-electron chi connectivity index (χ2n) is 6.54. The SMILES string of the molecule is CCCN(Cc1cc(=O)oc2cc(C)ccc12)C1CCNCC1. The van der Waals surface area contributed by atoms with Crippen LogP contribution in [0.4, 0.5) is 0 Å². The van der Waals surface area contributed by atoms with Crippen molar-refractivity contribution >= 4 is 11.0 Å². The Morgan fingerprint density at radius 1 is 1.26 bits per heavy atom. The molecule has 124 valence electrons. The van der Waals surface area contributed by atoms with Crippen molar-refractivity contribution in [1.82, 2.24) is 10.2 Å². The van der Waals surface area contributed by atoms with E-state index in [1.807, 2.05) is 13.0 Å². The Morgan fingerprint density at radius 2 is 2.04 bits per heavy atom. The first-order chi connectivity index (χ1) is 11.2. The summed E-state index contributed by atoms with van der Waals surface area (Å²) in [7, 11) is 0. The fourth-order valence-corrected chi connectivity index (χ4v) is 3.54. The molecule has 0 aliphatic carbocycles. The third-order valence-electron chi connectivity index (χ3n) is 4.70. The standard InChI is InChI=1S/C19H26N2O2/c1-3-10-21(16-6-8-20-9-7-16)13-15-12-19(22)23-18-11-14(2)4-5-17(15)18/h4-5,11-12,16,20H,3,6-10,13H2,1-2H3. The first-order valence-corrected chi connectivity index (χ1v) is 8.65. The predicted molar refractivity (Wildman–Crippen MR) is 93.8 cm³/mol. The maximum Gasteiger partial charge on any atom is 0.336 e. The molecule has 2 heterocycles. The van der Waals surface area contributed by atoms with Crippen LogP contribution in [0.3, 0.4) is 0 Å². The lowest BCUT2D eigenvalue weighted by molar-refractivity contribution is 0.154. The number of nitrogens with zero attached hydrogens (tertiary/aromatic N) is 1. The Kier molecular flexibility index (Phi) is 5.13. The van der Waals surface area contributed by atoms with Gasteiger partial charge in [0.25, 0.3) is 0 Å². The molecule has 1 aliphatic heterocycles. The van der Waals surface area contributed by atoms with Crippen molar-refractivity contribution in [2.24, 2.45) is 0 Å². The zero-order valence-electron chi connectivity index (χ0n) is 14.1. The van der Waals surface area contributed by atoms with Crippen molar-refractivity contribution in [3.63, 3.8) is 0 Å². The largest absolute Gasteiger partial charge is 0.423 e. The fourth-order valence-electron chi connectivity index (χ4n) is 3.54. The quantitative estimate of drug-likeness (QED) is 0.862. The first kappa shape index (κ1) is 16.2. The van der Waals surface area contributed by atoms with Gasteiger partial charge in [-0.3, -0.25) is 4.90 Å². The van der Waals surface area contributed by atoms with E-state index in [0.717, 1.165) is 49.1 Å². The van der Waals surface area contributed by atoms with E-state index in [4.69, 9.17) is 4.42 Å². The molecule has 23 heavy (non-hydrogen) atoms. The summed E-state index contributed by atoms with van der Waals surface area (Å²) in [6.45, 7) is 8.30. The van der Waals surface area contributed by atoms with Crippen molar-refractivity contribution < 1.29 is 4.42 Å². The molecule has 0 saturated carbocycles. The van der Waals surface area contributed by atoms with Crippen LogP contribution in [0.2, 0.25) is 0 Å². The maximum atomic E-state index is 11.9. The van der Waals surface area contributed by atoms with Crippen LogP contribution in [-0.2, 0) is 6.54 Å². The second-order valence-corrected chi connectivity index (χ2v) is 6.54. The van der Waals surface area contributed by atoms with Gasteiger partial charge in [-0.25, -0.2) is 4.79 Å². The van der Waals surface area contributed by atoms with Crippen molar-refractivity contribution in [3.8, 4) is 0 Å². The minimum Gasteiger partial charge on any atom is -0.423 e. The average molecular weight is 314 g/mol. The Hall–Kier alpha value is -1.65. The normalized spacial score (nSPS) is 16.3. The lowest BCUT2D eigenvalue weighted by Gasteiger charge is -2.34. The van der Waals surface area contributed by atoms with Crippen LogP contribution in [0.15, 0.2) is 33.5 Å². The van der Waals surface area contributed by atoms with E-state index in [0.29, 0.717) is 11.6 Å². The molecule has 0 radical (unpaired) electrons. The summed E-state index contributed by atoms with van der Waals surface area (Å²) in [5.41, 5.74) is 2.65. The lowest BCUT2D eigenvalue weighted by atomic mass is 10.0. The van der Waals surface area contributed by atoms with Crippen LogP contribution in [0, 0.1) is 6.92 Å². The van der Waals surface area contributed by atoms with E-state index in [1.54, 1.807) is 6.07 Å². The zero-order chi connectivity index (χ0) is 16.2. The number of hydrogen-bond acceptors (Lipinski definition) is 4. The molecule has 0 spiro atoms. The molecule has 0 bridgehead atoms. The minimum atomic E-state index is -0.250. The number of hydrogen-bond donors (Lipinski definition) is 1. The second kappa shape index (κ2) is 7.28. The van der Waals surface area contributed by atoms with Crippen LogP contribution < -0.4 is 10.9 Å². The highest BCUT2D eigenvalue weighted by atomic mass is 16.4. The highest BCUT2D eigenvalue weighted by Crippen LogP contribution is 2.22. The van der Waals surface area contributed by atoms with E-state index in [1.165, 1.54) is 12.8 Å². The summed E-state index contributed by atoms with van der Waals surface area (Å²) in [6, 6.07) is 8.38. The first-order valence-electron chi connectivity index (χ1n) is 8.65. The van der Waals surface area contributed by atoms with Crippen molar-refractivity contribution in [2.45, 2.75) is 45.7 Å². The summed E-state index contributed by atoms with van der Waals surface area (Å²) in [5, 5.41) is 4.49. The average Bonchev–Trinajstić information content (AvgIpc) is 2.54. The number of rotatable bonds is 5. The number of piperidine rings is 1. The highest BCUT2D eigenvalue weighted by Gasteiger charge is 2.21. The smallest absolute Gasteiger partial charge is 0.336 e. The number of aryl methyl sites for hydroxylation is 1. The summed E-state index contributed by atoms with van der Waals surface area (Å²) in [4.78, 5) is 14.5. The molecular weight excluding hydrogens is 288 g/mol. The molecule has 0 unspecified atom stereocenters. The topological polar surface area (TPSA) is 45.5 Å². The van der Waals surface area contributed by atoms with E-state index in [2.05, 4.69) is 29.3 Å². The molecule has 4 heteroatoms. The van der Waals surface area contributed by atoms with Crippen LogP contribution in [0.25, 0.3) is 11.0 Å². The Bertz CT molecular complexity index is 717. The van der Waals surface area contributed by atoms with Gasteiger partial charge in [-0.1, -0.05) is 19.1 Å². The molecule has 1 N–H and O–H groups in total. The van der Waals surface area contributed by atoms with Gasteiger partial charge >= 0.3 is 5.63 Å². The number of nitrogens with one attached hydrogen (secondary N) is 1. The predicted octanol–water partition coefficient (Wildman–Crippen LogP) is 3.07. The molecule has 0 atom stereocenters. The van der Waals surface area contributed by atoms with Crippen molar-refractivity contribution in [3.05, 3.63) is 45.8 Å². The maximum absolute atomic E-state index is 11.9. The van der Waals surface area contributed by atoms with Gasteiger partial charge < -0.3 is 9.73 Å². The lowest BCUT2D eigenvalue weighted by Crippen LogP contribution is -2.43. The van der Waals surface area contributed by atoms with Crippen LogP contribution in [-0.4, -0.2) is 30.6 Å². The van der Waals surface area contributed by atoms with Gasteiger partial charge in [0, 0.05) is 24.0 Å². The van der Waals surface area contributed by atoms with E-state index >= 15 is 0 Å². The highest BCUT2D eigenvalue weighted by molar-refractivity contribution is 5.80. The van der Waals surface area contributed by atoms with Crippen LogP contribution in [0.5, 0.6) is 0 Å². The number of benzene rings is 1. The molecule has 1 fully saturated rings. The molecule has 0 amide bonds. The van der Waals surface area contributed by atoms with Gasteiger partial charge in [0.1, 0.15) is 5.58 Å². The van der Waals surface area contributed by atoms with Gasteiger partial charge in [0.05, 0.1) is 0 Å². The molecule has 4 nitrogen and oxygen atoms in total. The van der Waals surface area contributed by atoms with Gasteiger partial charge in [-0.05, 0) is 63.0 Å². The summed E-state index contributed by atoms with van der Waals surface area (Å²) in [5.74, 6) is 0. The Labute approximate surface area is 137 Å². The van der Waals surface area contributed by atoms with E-state index in [-0.39, 0.29) is 5.63 Å². The summed E-state index contributed by atoms with van der Waals surface area (Å²) < 4.78 is 5.39. The van der Waals surface area contributed by atoms with Crippen LogP contribution in [0.1, 0.15) is 37.3 Å². The van der Waals surface area contributed by atoms with Crippen molar-refractivity contribution in [1.29, 1.82) is 0 Å². The monoisotopic (exact) mass is 314 g/mol. The molecule has 1 aliphatic rings. The van der Waals surface area contributed by atoms with Crippen molar-refractivity contribution in [2.75, 3.05) is 19.6 Å². The Balaban J connectivity index is 1.92. The van der Waals surface area contributed by atoms with Crippen LogP contribution >= 0.6 is 0 Å². The molecular formula is C19H26N2O2. The number of fused-ring (bicyclic) bond motifs is 1. The molecule has 2 aromatic rings. The summed E-state index contributed by atoms with van der Waals surface area (Å²) in [6.07, 6.45) is 3.49. The summed E-state index contributed by atoms with van der Waals surface area (Å²) >= 11 is 0. The van der Waals surface area contributed by atoms with E-state index < -0.39 is 0 Å². The molecule has 1 aromatic carbocycles. The van der Waals surface area contributed by atoms with Gasteiger partial charge in [-0.15, -0.1) is 0 Å². The third kappa shape index (κ3) is 3.82. The Morgan fingerprint density at radius 3 is 2.78 bits per heavy atom. The third-order valence-corrected chi connectivity index (χ3v) is 4.70. The molecule has 1 saturated heterocycles. The minimum absolute atomic E-state index is 0.250.